The third-order valence-corrected chi connectivity index (χ3v) is 2.52. The van der Waals surface area contributed by atoms with Crippen LogP contribution in [-0.4, -0.2) is 4.98 Å². The molecule has 15 heavy (non-hydrogen) atoms. The minimum absolute atomic E-state index is 0.986. The molecule has 2 aromatic rings. The lowest BCUT2D eigenvalue weighted by Crippen LogP contribution is -1.89. The smallest absolute Gasteiger partial charge is 0.0705 e. The summed E-state index contributed by atoms with van der Waals surface area (Å²) in [5.41, 5.74) is 4.68. The lowest BCUT2D eigenvalue weighted by Gasteiger charge is -2.03. The Morgan fingerprint density at radius 2 is 1.73 bits per heavy atom. The van der Waals surface area contributed by atoms with Gasteiger partial charge >= 0.3 is 0 Å². The summed E-state index contributed by atoms with van der Waals surface area (Å²) in [5, 5.41) is 0. The summed E-state index contributed by atoms with van der Waals surface area (Å²) in [6, 6.07) is 14.7. The molecule has 0 unspecified atom stereocenters. The predicted molar refractivity (Wildman–Crippen MR) is 63.8 cm³/mol. The molecular weight excluding hydrogens is 182 g/mol. The van der Waals surface area contributed by atoms with Crippen LogP contribution in [0, 0.1) is 6.92 Å². The van der Waals surface area contributed by atoms with Crippen molar-refractivity contribution >= 4 is 0 Å². The van der Waals surface area contributed by atoms with Crippen molar-refractivity contribution in [3.63, 3.8) is 0 Å². The monoisotopic (exact) mass is 197 g/mol. The summed E-state index contributed by atoms with van der Waals surface area (Å²) in [6.07, 6.45) is 0.986. The van der Waals surface area contributed by atoms with E-state index in [0.29, 0.717) is 0 Å². The Morgan fingerprint density at radius 1 is 1.00 bits per heavy atom. The van der Waals surface area contributed by atoms with Crippen LogP contribution in [0.2, 0.25) is 0 Å². The summed E-state index contributed by atoms with van der Waals surface area (Å²) < 4.78 is 0. The largest absolute Gasteiger partial charge is 0.253 e. The van der Waals surface area contributed by atoms with E-state index in [1.807, 2.05) is 0 Å². The Morgan fingerprint density at radius 3 is 2.40 bits per heavy atom. The lowest BCUT2D eigenvalue weighted by atomic mass is 10.1. The van der Waals surface area contributed by atoms with Gasteiger partial charge in [-0.2, -0.15) is 0 Å². The summed E-state index contributed by atoms with van der Waals surface area (Å²) in [4.78, 5) is 4.59. The van der Waals surface area contributed by atoms with Crippen LogP contribution in [0.5, 0.6) is 0 Å². The molecular formula is C14H15N. The van der Waals surface area contributed by atoms with Crippen LogP contribution in [0.15, 0.2) is 42.5 Å². The molecule has 0 aliphatic rings. The molecule has 1 heterocycles. The van der Waals surface area contributed by atoms with Crippen LogP contribution in [-0.2, 0) is 6.42 Å². The van der Waals surface area contributed by atoms with E-state index >= 15 is 0 Å². The molecule has 0 spiro atoms. The first-order chi connectivity index (χ1) is 7.29. The fourth-order valence-corrected chi connectivity index (χ4v) is 1.56. The molecule has 0 radical (unpaired) electrons. The maximum Gasteiger partial charge on any atom is 0.0705 e. The highest BCUT2D eigenvalue weighted by Gasteiger charge is 1.99. The average molecular weight is 197 g/mol. The van der Waals surface area contributed by atoms with Crippen LogP contribution >= 0.6 is 0 Å². The standard InChI is InChI=1S/C14H15N/c1-3-13-5-4-6-14(15-13)12-9-7-11(2)8-10-12/h4-10H,3H2,1-2H3. The van der Waals surface area contributed by atoms with Gasteiger partial charge in [-0.3, -0.25) is 4.98 Å². The fraction of sp³-hybridized carbons (Fsp3) is 0.214. The molecule has 0 saturated carbocycles. The maximum absolute atomic E-state index is 4.59. The van der Waals surface area contributed by atoms with Gasteiger partial charge in [-0.1, -0.05) is 42.8 Å². The second-order valence-electron chi connectivity index (χ2n) is 3.73. The van der Waals surface area contributed by atoms with Crippen molar-refractivity contribution in [2.45, 2.75) is 20.3 Å². The zero-order valence-corrected chi connectivity index (χ0v) is 9.20. The third-order valence-electron chi connectivity index (χ3n) is 2.52. The maximum atomic E-state index is 4.59. The van der Waals surface area contributed by atoms with Crippen molar-refractivity contribution in [3.8, 4) is 11.3 Å². The first-order valence-corrected chi connectivity index (χ1v) is 5.32. The predicted octanol–water partition coefficient (Wildman–Crippen LogP) is 3.62. The van der Waals surface area contributed by atoms with Crippen LogP contribution < -0.4 is 0 Å². The van der Waals surface area contributed by atoms with E-state index in [1.54, 1.807) is 0 Å². The van der Waals surface area contributed by atoms with Gasteiger partial charge in [-0.05, 0) is 25.5 Å². The van der Waals surface area contributed by atoms with Gasteiger partial charge in [0.25, 0.3) is 0 Å². The zero-order valence-electron chi connectivity index (χ0n) is 9.20. The fourth-order valence-electron chi connectivity index (χ4n) is 1.56. The summed E-state index contributed by atoms with van der Waals surface area (Å²) in [7, 11) is 0. The number of hydrogen-bond acceptors (Lipinski definition) is 1. The summed E-state index contributed by atoms with van der Waals surface area (Å²) in [6.45, 7) is 4.22. The van der Waals surface area contributed by atoms with Crippen LogP contribution in [0.1, 0.15) is 18.2 Å². The Labute approximate surface area is 90.8 Å². The van der Waals surface area contributed by atoms with E-state index in [2.05, 4.69) is 61.3 Å². The zero-order chi connectivity index (χ0) is 10.7. The Bertz CT molecular complexity index is 443. The molecule has 1 aromatic heterocycles. The van der Waals surface area contributed by atoms with Gasteiger partial charge in [0.1, 0.15) is 0 Å². The van der Waals surface area contributed by atoms with Gasteiger partial charge in [-0.15, -0.1) is 0 Å². The van der Waals surface area contributed by atoms with Crippen LogP contribution in [0.3, 0.4) is 0 Å². The van der Waals surface area contributed by atoms with Gasteiger partial charge in [0.05, 0.1) is 5.69 Å². The number of aryl methyl sites for hydroxylation is 2. The third kappa shape index (κ3) is 2.24. The second-order valence-corrected chi connectivity index (χ2v) is 3.73. The molecule has 0 aliphatic heterocycles. The Hall–Kier alpha value is -1.63. The SMILES string of the molecule is CCc1cccc(-c2ccc(C)cc2)n1. The molecule has 1 nitrogen and oxygen atoms in total. The van der Waals surface area contributed by atoms with Crippen molar-refractivity contribution in [3.05, 3.63) is 53.7 Å². The number of pyridine rings is 1. The number of benzene rings is 1. The molecule has 76 valence electrons. The normalized spacial score (nSPS) is 10.3. The average Bonchev–Trinajstić information content (AvgIpc) is 2.30. The van der Waals surface area contributed by atoms with Crippen molar-refractivity contribution in [1.82, 2.24) is 4.98 Å². The lowest BCUT2D eigenvalue weighted by molar-refractivity contribution is 1.04. The first-order valence-electron chi connectivity index (χ1n) is 5.32. The molecule has 0 saturated heterocycles. The van der Waals surface area contributed by atoms with E-state index < -0.39 is 0 Å². The minimum Gasteiger partial charge on any atom is -0.253 e. The highest BCUT2D eigenvalue weighted by atomic mass is 14.7. The quantitative estimate of drug-likeness (QED) is 0.716. The number of nitrogens with zero attached hydrogens (tertiary/aromatic N) is 1. The van der Waals surface area contributed by atoms with Gasteiger partial charge in [0.15, 0.2) is 0 Å². The minimum atomic E-state index is 0.986. The van der Waals surface area contributed by atoms with Crippen molar-refractivity contribution in [2.75, 3.05) is 0 Å². The molecule has 0 bridgehead atoms. The van der Waals surface area contributed by atoms with E-state index in [-0.39, 0.29) is 0 Å². The van der Waals surface area contributed by atoms with Crippen LogP contribution in [0.4, 0.5) is 0 Å². The van der Waals surface area contributed by atoms with E-state index in [9.17, 15) is 0 Å². The van der Waals surface area contributed by atoms with Gasteiger partial charge < -0.3 is 0 Å². The van der Waals surface area contributed by atoms with Gasteiger partial charge in [0, 0.05) is 11.3 Å². The molecule has 2 rings (SSSR count). The second kappa shape index (κ2) is 4.26. The van der Waals surface area contributed by atoms with Crippen molar-refractivity contribution in [2.24, 2.45) is 0 Å². The Balaban J connectivity index is 2.40. The molecule has 0 N–H and O–H groups in total. The molecule has 0 atom stereocenters. The van der Waals surface area contributed by atoms with Crippen molar-refractivity contribution < 1.29 is 0 Å². The molecule has 1 aromatic carbocycles. The number of aromatic nitrogens is 1. The molecule has 0 aliphatic carbocycles. The Kier molecular flexibility index (Phi) is 2.82. The highest BCUT2D eigenvalue weighted by molar-refractivity contribution is 5.59. The molecule has 0 amide bonds. The van der Waals surface area contributed by atoms with E-state index in [0.717, 1.165) is 17.8 Å². The molecule has 0 fully saturated rings. The molecule has 1 heteroatoms. The topological polar surface area (TPSA) is 12.9 Å². The first kappa shape index (κ1) is 9.91. The summed E-state index contributed by atoms with van der Waals surface area (Å²) in [5.74, 6) is 0. The summed E-state index contributed by atoms with van der Waals surface area (Å²) >= 11 is 0. The van der Waals surface area contributed by atoms with Gasteiger partial charge in [-0.25, -0.2) is 0 Å². The van der Waals surface area contributed by atoms with Crippen molar-refractivity contribution in [1.29, 1.82) is 0 Å². The van der Waals surface area contributed by atoms with E-state index in [4.69, 9.17) is 0 Å². The van der Waals surface area contributed by atoms with Crippen LogP contribution in [0.25, 0.3) is 11.3 Å². The number of hydrogen-bond donors (Lipinski definition) is 0. The number of rotatable bonds is 2. The van der Waals surface area contributed by atoms with Gasteiger partial charge in [0.2, 0.25) is 0 Å². The van der Waals surface area contributed by atoms with E-state index in [1.165, 1.54) is 11.1 Å². The highest BCUT2D eigenvalue weighted by Crippen LogP contribution is 2.17.